The lowest BCUT2D eigenvalue weighted by Gasteiger charge is -2.12. The van der Waals surface area contributed by atoms with E-state index in [-0.39, 0.29) is 30.7 Å². The molecule has 24 heavy (non-hydrogen) atoms. The number of ether oxygens (including phenoxy) is 1. The van der Waals surface area contributed by atoms with Gasteiger partial charge in [-0.3, -0.25) is 4.79 Å². The van der Waals surface area contributed by atoms with Crippen molar-refractivity contribution in [2.75, 3.05) is 38.6 Å². The summed E-state index contributed by atoms with van der Waals surface area (Å²) in [5.74, 6) is 1.49. The molecule has 1 amide bonds. The molecule has 0 bridgehead atoms. The van der Waals surface area contributed by atoms with Crippen LogP contribution < -0.4 is 20.7 Å². The van der Waals surface area contributed by atoms with Crippen molar-refractivity contribution in [3.63, 3.8) is 0 Å². The lowest BCUT2D eigenvalue weighted by Crippen LogP contribution is -2.27. The van der Waals surface area contributed by atoms with Gasteiger partial charge in [0.25, 0.3) is 0 Å². The van der Waals surface area contributed by atoms with Crippen molar-refractivity contribution in [1.82, 2.24) is 10.6 Å². The fourth-order valence-corrected chi connectivity index (χ4v) is 2.77. The normalized spacial score (nSPS) is 15.8. The highest BCUT2D eigenvalue weighted by molar-refractivity contribution is 6.30. The van der Waals surface area contributed by atoms with Crippen molar-refractivity contribution in [1.29, 1.82) is 0 Å². The number of amides is 1. The summed E-state index contributed by atoms with van der Waals surface area (Å²) >= 11 is 5.97. The van der Waals surface area contributed by atoms with Crippen molar-refractivity contribution in [3.8, 4) is 5.75 Å². The fourth-order valence-electron chi connectivity index (χ4n) is 2.59. The zero-order valence-corrected chi connectivity index (χ0v) is 16.2. The van der Waals surface area contributed by atoms with Gasteiger partial charge in [0, 0.05) is 24.5 Å². The van der Waals surface area contributed by atoms with Crippen LogP contribution in [0.3, 0.4) is 0 Å². The molecular weight excluding hydrogens is 373 g/mol. The molecule has 0 aromatic heterocycles. The van der Waals surface area contributed by atoms with Crippen molar-refractivity contribution >= 4 is 48.0 Å². The smallest absolute Gasteiger partial charge is 0.221 e. The summed E-state index contributed by atoms with van der Waals surface area (Å²) in [6.45, 7) is 3.48. The minimum Gasteiger partial charge on any atom is -0.495 e. The standard InChI is InChI=1S/C16H24ClN3O2.2ClH/c1-22-15-3-2-13(17)10-14(15)19-9-6-16(21)20-8-5-12-4-7-18-11-12;;/h2-3,10,12,18-19H,4-9,11H2,1H3,(H,20,21);2*1H. The SMILES string of the molecule is COc1ccc(Cl)cc1NCCC(=O)NCCC1CCNC1.Cl.Cl. The van der Waals surface area contributed by atoms with Crippen LogP contribution in [-0.4, -0.2) is 39.2 Å². The van der Waals surface area contributed by atoms with Gasteiger partial charge >= 0.3 is 0 Å². The quantitative estimate of drug-likeness (QED) is 0.629. The van der Waals surface area contributed by atoms with Crippen molar-refractivity contribution in [2.45, 2.75) is 19.3 Å². The third kappa shape index (κ3) is 7.79. The van der Waals surface area contributed by atoms with E-state index in [4.69, 9.17) is 16.3 Å². The van der Waals surface area contributed by atoms with E-state index in [1.807, 2.05) is 0 Å². The number of nitrogens with one attached hydrogen (secondary N) is 3. The molecule has 2 rings (SSSR count). The molecule has 1 fully saturated rings. The first-order valence-electron chi connectivity index (χ1n) is 7.74. The Labute approximate surface area is 161 Å². The number of carbonyl (C=O) groups is 1. The number of anilines is 1. The second kappa shape index (κ2) is 12.5. The number of benzene rings is 1. The topological polar surface area (TPSA) is 62.4 Å². The van der Waals surface area contributed by atoms with Gasteiger partial charge in [-0.1, -0.05) is 11.6 Å². The number of hydrogen-bond donors (Lipinski definition) is 3. The van der Waals surface area contributed by atoms with Gasteiger partial charge in [0.15, 0.2) is 0 Å². The molecule has 8 heteroatoms. The Morgan fingerprint density at radius 1 is 1.38 bits per heavy atom. The molecule has 1 aliphatic heterocycles. The van der Waals surface area contributed by atoms with Crippen molar-refractivity contribution in [2.24, 2.45) is 5.92 Å². The van der Waals surface area contributed by atoms with Gasteiger partial charge in [-0.05, 0) is 50.0 Å². The van der Waals surface area contributed by atoms with Crippen LogP contribution in [0.15, 0.2) is 18.2 Å². The molecule has 3 N–H and O–H groups in total. The van der Waals surface area contributed by atoms with Gasteiger partial charge < -0.3 is 20.7 Å². The van der Waals surface area contributed by atoms with Gasteiger partial charge in [0.1, 0.15) is 5.75 Å². The molecule has 1 unspecified atom stereocenters. The first kappa shape index (κ1) is 23.1. The maximum Gasteiger partial charge on any atom is 0.221 e. The van der Waals surface area contributed by atoms with Gasteiger partial charge in [-0.2, -0.15) is 0 Å². The maximum absolute atomic E-state index is 11.8. The Morgan fingerprint density at radius 2 is 2.17 bits per heavy atom. The minimum atomic E-state index is 0. The summed E-state index contributed by atoms with van der Waals surface area (Å²) in [6, 6.07) is 5.38. The number of hydrogen-bond acceptors (Lipinski definition) is 4. The Hall–Kier alpha value is -0.880. The van der Waals surface area contributed by atoms with Crippen molar-refractivity contribution < 1.29 is 9.53 Å². The lowest BCUT2D eigenvalue weighted by atomic mass is 10.1. The highest BCUT2D eigenvalue weighted by Crippen LogP contribution is 2.27. The van der Waals surface area contributed by atoms with Crippen molar-refractivity contribution in [3.05, 3.63) is 23.2 Å². The third-order valence-electron chi connectivity index (χ3n) is 3.87. The molecule has 1 aromatic rings. The van der Waals surface area contributed by atoms with E-state index < -0.39 is 0 Å². The molecule has 138 valence electrons. The van der Waals surface area contributed by atoms with Crippen LogP contribution >= 0.6 is 36.4 Å². The Kier molecular flexibility index (Phi) is 12.0. The Morgan fingerprint density at radius 3 is 2.83 bits per heavy atom. The van der Waals surface area contributed by atoms with E-state index >= 15 is 0 Å². The van der Waals surface area contributed by atoms with Crippen LogP contribution in [0.1, 0.15) is 19.3 Å². The third-order valence-corrected chi connectivity index (χ3v) is 4.10. The first-order chi connectivity index (χ1) is 10.7. The van der Waals surface area contributed by atoms with Crippen LogP contribution in [0.2, 0.25) is 5.02 Å². The molecule has 0 aliphatic carbocycles. The number of rotatable bonds is 8. The molecule has 1 heterocycles. The summed E-state index contributed by atoms with van der Waals surface area (Å²) in [5, 5.41) is 10.1. The van der Waals surface area contributed by atoms with Gasteiger partial charge in [0.2, 0.25) is 5.91 Å². The van der Waals surface area contributed by atoms with E-state index in [1.54, 1.807) is 25.3 Å². The van der Waals surface area contributed by atoms with Gasteiger partial charge in [-0.15, -0.1) is 24.8 Å². The zero-order chi connectivity index (χ0) is 15.8. The van der Waals surface area contributed by atoms with E-state index in [2.05, 4.69) is 16.0 Å². The summed E-state index contributed by atoms with van der Waals surface area (Å²) in [7, 11) is 1.61. The van der Waals surface area contributed by atoms with Crippen LogP contribution in [0, 0.1) is 5.92 Å². The average molecular weight is 399 g/mol. The first-order valence-corrected chi connectivity index (χ1v) is 8.11. The Balaban J connectivity index is 0.00000264. The van der Waals surface area contributed by atoms with Crippen LogP contribution in [-0.2, 0) is 4.79 Å². The average Bonchev–Trinajstić information content (AvgIpc) is 3.01. The highest BCUT2D eigenvalue weighted by Gasteiger charge is 2.14. The monoisotopic (exact) mass is 397 g/mol. The van der Waals surface area contributed by atoms with Crippen LogP contribution in [0.25, 0.3) is 0 Å². The largest absolute Gasteiger partial charge is 0.495 e. The van der Waals surface area contributed by atoms with Gasteiger partial charge in [0.05, 0.1) is 12.8 Å². The molecule has 0 saturated carbocycles. The Bertz CT molecular complexity index is 497. The van der Waals surface area contributed by atoms with Crippen LogP contribution in [0.4, 0.5) is 5.69 Å². The molecule has 1 saturated heterocycles. The lowest BCUT2D eigenvalue weighted by molar-refractivity contribution is -0.120. The predicted octanol–water partition coefficient (Wildman–Crippen LogP) is 3.11. The predicted molar refractivity (Wildman–Crippen MR) is 104 cm³/mol. The molecular formula is C16H26Cl3N3O2. The number of halogens is 3. The number of carbonyl (C=O) groups excluding carboxylic acids is 1. The summed E-state index contributed by atoms with van der Waals surface area (Å²) in [4.78, 5) is 11.8. The fraction of sp³-hybridized carbons (Fsp3) is 0.562. The van der Waals surface area contributed by atoms with E-state index in [0.29, 0.717) is 23.9 Å². The molecule has 1 aliphatic rings. The summed E-state index contributed by atoms with van der Waals surface area (Å²) in [5.41, 5.74) is 0.805. The minimum absolute atomic E-state index is 0. The molecule has 1 aromatic carbocycles. The zero-order valence-electron chi connectivity index (χ0n) is 13.8. The molecule has 0 spiro atoms. The summed E-state index contributed by atoms with van der Waals surface area (Å²) < 4.78 is 5.25. The van der Waals surface area contributed by atoms with Gasteiger partial charge in [-0.25, -0.2) is 0 Å². The molecule has 5 nitrogen and oxygen atoms in total. The number of methoxy groups -OCH3 is 1. The second-order valence-corrected chi connectivity index (χ2v) is 5.96. The maximum atomic E-state index is 11.8. The highest BCUT2D eigenvalue weighted by atomic mass is 35.5. The molecule has 0 radical (unpaired) electrons. The molecule has 1 atom stereocenters. The van der Waals surface area contributed by atoms with E-state index in [0.717, 1.165) is 37.5 Å². The van der Waals surface area contributed by atoms with E-state index in [1.165, 1.54) is 6.42 Å². The van der Waals surface area contributed by atoms with Crippen LogP contribution in [0.5, 0.6) is 5.75 Å². The second-order valence-electron chi connectivity index (χ2n) is 5.52. The summed E-state index contributed by atoms with van der Waals surface area (Å²) in [6.07, 6.45) is 2.69. The van der Waals surface area contributed by atoms with E-state index in [9.17, 15) is 4.79 Å².